The highest BCUT2D eigenvalue weighted by Crippen LogP contribution is 2.35. The van der Waals surface area contributed by atoms with Gasteiger partial charge in [-0.2, -0.15) is 0 Å². The van der Waals surface area contributed by atoms with Crippen molar-refractivity contribution in [3.05, 3.63) is 0 Å². The lowest BCUT2D eigenvalue weighted by molar-refractivity contribution is -0.142. The summed E-state index contributed by atoms with van der Waals surface area (Å²) >= 11 is 0. The fraction of sp³-hybridized carbons (Fsp3) is 0.909. The minimum Gasteiger partial charge on any atom is -0.481 e. The SMILES string of the molecule is CC1CC(N2C[C@@H](C)[C@H](C(=O)O)C2)C1. The molecular formula is C11H19NO2. The zero-order valence-electron chi connectivity index (χ0n) is 8.94. The predicted octanol–water partition coefficient (Wildman–Crippen LogP) is 1.44. The Morgan fingerprint density at radius 3 is 2.36 bits per heavy atom. The smallest absolute Gasteiger partial charge is 0.308 e. The van der Waals surface area contributed by atoms with Crippen LogP contribution in [0.25, 0.3) is 0 Å². The van der Waals surface area contributed by atoms with Gasteiger partial charge in [0.25, 0.3) is 0 Å². The molecule has 2 fully saturated rings. The van der Waals surface area contributed by atoms with Gasteiger partial charge in [-0.05, 0) is 24.7 Å². The molecule has 0 amide bonds. The molecule has 1 saturated carbocycles. The maximum absolute atomic E-state index is 10.9. The molecule has 1 saturated heterocycles. The number of nitrogens with zero attached hydrogens (tertiary/aromatic N) is 1. The van der Waals surface area contributed by atoms with E-state index in [0.717, 1.165) is 19.0 Å². The van der Waals surface area contributed by atoms with Crippen molar-refractivity contribution >= 4 is 5.97 Å². The molecular weight excluding hydrogens is 178 g/mol. The third-order valence-electron chi connectivity index (χ3n) is 3.82. The molecule has 0 aromatic carbocycles. The summed E-state index contributed by atoms with van der Waals surface area (Å²) in [7, 11) is 0. The van der Waals surface area contributed by atoms with Crippen LogP contribution < -0.4 is 0 Å². The molecule has 1 heterocycles. The van der Waals surface area contributed by atoms with Gasteiger partial charge in [-0.3, -0.25) is 9.69 Å². The Balaban J connectivity index is 1.90. The number of carboxylic acids is 1. The zero-order valence-corrected chi connectivity index (χ0v) is 8.94. The second-order valence-corrected chi connectivity index (χ2v) is 5.11. The van der Waals surface area contributed by atoms with Crippen LogP contribution in [0.4, 0.5) is 0 Å². The summed E-state index contributed by atoms with van der Waals surface area (Å²) in [5.74, 6) is 0.417. The van der Waals surface area contributed by atoms with Crippen molar-refractivity contribution in [2.45, 2.75) is 32.7 Å². The van der Waals surface area contributed by atoms with E-state index in [-0.39, 0.29) is 5.92 Å². The van der Waals surface area contributed by atoms with E-state index in [9.17, 15) is 4.79 Å². The normalized spacial score (nSPS) is 43.6. The van der Waals surface area contributed by atoms with Gasteiger partial charge in [0.2, 0.25) is 0 Å². The second kappa shape index (κ2) is 3.54. The second-order valence-electron chi connectivity index (χ2n) is 5.11. The van der Waals surface area contributed by atoms with Crippen molar-refractivity contribution in [3.8, 4) is 0 Å². The lowest BCUT2D eigenvalue weighted by Crippen LogP contribution is -2.43. The number of carbonyl (C=O) groups is 1. The maximum atomic E-state index is 10.9. The molecule has 1 N–H and O–H groups in total. The Morgan fingerprint density at radius 1 is 1.29 bits per heavy atom. The van der Waals surface area contributed by atoms with Crippen LogP contribution >= 0.6 is 0 Å². The molecule has 2 aliphatic rings. The first-order valence-corrected chi connectivity index (χ1v) is 5.54. The summed E-state index contributed by atoms with van der Waals surface area (Å²) in [6.45, 7) is 6.08. The largest absolute Gasteiger partial charge is 0.481 e. The number of hydrogen-bond donors (Lipinski definition) is 1. The Hall–Kier alpha value is -0.570. The standard InChI is InChI=1S/C11H19NO2/c1-7-3-9(4-7)12-5-8(2)10(6-12)11(13)14/h7-10H,3-6H2,1-2H3,(H,13,14)/t7?,8-,9?,10-/m1/s1. The summed E-state index contributed by atoms with van der Waals surface area (Å²) in [6.07, 6.45) is 2.53. The number of aliphatic carboxylic acids is 1. The summed E-state index contributed by atoms with van der Waals surface area (Å²) in [5.41, 5.74) is 0. The fourth-order valence-corrected chi connectivity index (χ4v) is 2.78. The van der Waals surface area contributed by atoms with Crippen LogP contribution in [0.3, 0.4) is 0 Å². The molecule has 80 valence electrons. The van der Waals surface area contributed by atoms with E-state index in [1.54, 1.807) is 0 Å². The lowest BCUT2D eigenvalue weighted by Gasteiger charge is -2.39. The summed E-state index contributed by atoms with van der Waals surface area (Å²) < 4.78 is 0. The Labute approximate surface area is 85.1 Å². The highest BCUT2D eigenvalue weighted by molar-refractivity contribution is 5.71. The first-order chi connectivity index (χ1) is 6.58. The molecule has 2 rings (SSSR count). The molecule has 1 aliphatic heterocycles. The molecule has 0 unspecified atom stereocenters. The highest BCUT2D eigenvalue weighted by Gasteiger charge is 2.40. The van der Waals surface area contributed by atoms with Crippen LogP contribution in [-0.2, 0) is 4.79 Å². The van der Waals surface area contributed by atoms with Gasteiger partial charge in [-0.25, -0.2) is 0 Å². The van der Waals surface area contributed by atoms with Gasteiger partial charge in [-0.1, -0.05) is 13.8 Å². The summed E-state index contributed by atoms with van der Waals surface area (Å²) in [6, 6.07) is 0.678. The van der Waals surface area contributed by atoms with E-state index in [4.69, 9.17) is 5.11 Å². The van der Waals surface area contributed by atoms with Crippen LogP contribution in [0.15, 0.2) is 0 Å². The van der Waals surface area contributed by atoms with E-state index in [0.29, 0.717) is 12.0 Å². The van der Waals surface area contributed by atoms with E-state index >= 15 is 0 Å². The van der Waals surface area contributed by atoms with E-state index in [1.165, 1.54) is 12.8 Å². The molecule has 14 heavy (non-hydrogen) atoms. The van der Waals surface area contributed by atoms with Gasteiger partial charge in [0.1, 0.15) is 0 Å². The Kier molecular flexibility index (Phi) is 2.52. The molecule has 0 bridgehead atoms. The number of rotatable bonds is 2. The first kappa shape index (κ1) is 9.97. The van der Waals surface area contributed by atoms with Gasteiger partial charge in [0.05, 0.1) is 5.92 Å². The van der Waals surface area contributed by atoms with Crippen LogP contribution in [0.1, 0.15) is 26.7 Å². The minimum atomic E-state index is -0.618. The Bertz CT molecular complexity index is 235. The van der Waals surface area contributed by atoms with Crippen molar-refractivity contribution in [1.82, 2.24) is 4.90 Å². The highest BCUT2D eigenvalue weighted by atomic mass is 16.4. The lowest BCUT2D eigenvalue weighted by atomic mass is 9.81. The molecule has 0 spiro atoms. The van der Waals surface area contributed by atoms with Crippen molar-refractivity contribution in [3.63, 3.8) is 0 Å². The number of hydrogen-bond acceptors (Lipinski definition) is 2. The molecule has 0 radical (unpaired) electrons. The van der Waals surface area contributed by atoms with Crippen LogP contribution in [0.5, 0.6) is 0 Å². The molecule has 1 aliphatic carbocycles. The quantitative estimate of drug-likeness (QED) is 0.728. The van der Waals surface area contributed by atoms with Crippen LogP contribution in [-0.4, -0.2) is 35.1 Å². The molecule has 3 nitrogen and oxygen atoms in total. The van der Waals surface area contributed by atoms with E-state index in [2.05, 4.69) is 18.7 Å². The third-order valence-corrected chi connectivity index (χ3v) is 3.82. The van der Waals surface area contributed by atoms with Gasteiger partial charge in [0.15, 0.2) is 0 Å². The third kappa shape index (κ3) is 1.65. The van der Waals surface area contributed by atoms with Gasteiger partial charge in [0, 0.05) is 19.1 Å². The average Bonchev–Trinajstić information content (AvgIpc) is 2.41. The topological polar surface area (TPSA) is 40.5 Å². The predicted molar refractivity (Wildman–Crippen MR) is 54.0 cm³/mol. The summed E-state index contributed by atoms with van der Waals surface area (Å²) in [5, 5.41) is 9.00. The first-order valence-electron chi connectivity index (χ1n) is 5.54. The Morgan fingerprint density at radius 2 is 1.93 bits per heavy atom. The average molecular weight is 197 g/mol. The molecule has 0 aromatic rings. The molecule has 3 heteroatoms. The fourth-order valence-electron chi connectivity index (χ4n) is 2.78. The maximum Gasteiger partial charge on any atom is 0.308 e. The van der Waals surface area contributed by atoms with Crippen molar-refractivity contribution < 1.29 is 9.90 Å². The van der Waals surface area contributed by atoms with Gasteiger partial charge >= 0.3 is 5.97 Å². The van der Waals surface area contributed by atoms with Gasteiger partial charge in [-0.15, -0.1) is 0 Å². The number of carboxylic acid groups (broad SMARTS) is 1. The van der Waals surface area contributed by atoms with Gasteiger partial charge < -0.3 is 5.11 Å². The van der Waals surface area contributed by atoms with E-state index in [1.807, 2.05) is 0 Å². The van der Waals surface area contributed by atoms with Crippen molar-refractivity contribution in [2.75, 3.05) is 13.1 Å². The van der Waals surface area contributed by atoms with Crippen LogP contribution in [0.2, 0.25) is 0 Å². The van der Waals surface area contributed by atoms with Crippen molar-refractivity contribution in [1.29, 1.82) is 0 Å². The van der Waals surface area contributed by atoms with Crippen LogP contribution in [0, 0.1) is 17.8 Å². The minimum absolute atomic E-state index is 0.133. The molecule has 0 aromatic heterocycles. The van der Waals surface area contributed by atoms with E-state index < -0.39 is 5.97 Å². The summed E-state index contributed by atoms with van der Waals surface area (Å²) in [4.78, 5) is 13.3. The zero-order chi connectivity index (χ0) is 10.3. The van der Waals surface area contributed by atoms with Crippen molar-refractivity contribution in [2.24, 2.45) is 17.8 Å². The molecule has 2 atom stereocenters. The number of likely N-dealkylation sites (tertiary alicyclic amines) is 1. The monoisotopic (exact) mass is 197 g/mol.